The number of nitrogens with zero attached hydrogens (tertiary/aromatic N) is 2. The van der Waals surface area contributed by atoms with Gasteiger partial charge in [0.05, 0.1) is 0 Å². The van der Waals surface area contributed by atoms with Gasteiger partial charge in [-0.25, -0.2) is 9.69 Å². The molecule has 0 bridgehead atoms. The van der Waals surface area contributed by atoms with Gasteiger partial charge in [-0.2, -0.15) is 0 Å². The first-order chi connectivity index (χ1) is 8.24. The molecular formula is C12H12N2O3. The summed E-state index contributed by atoms with van der Waals surface area (Å²) in [4.78, 5) is 27.8. The highest BCUT2D eigenvalue weighted by molar-refractivity contribution is 5.95. The molecule has 0 N–H and O–H groups in total. The van der Waals surface area contributed by atoms with Gasteiger partial charge in [-0.3, -0.25) is 9.79 Å². The molecule has 1 heterocycles. The molecule has 0 aliphatic carbocycles. The molecule has 1 aromatic carbocycles. The Morgan fingerprint density at radius 2 is 2.18 bits per heavy atom. The van der Waals surface area contributed by atoms with E-state index in [9.17, 15) is 9.59 Å². The lowest BCUT2D eigenvalue weighted by Gasteiger charge is -2.18. The topological polar surface area (TPSA) is 59.0 Å². The van der Waals surface area contributed by atoms with Crippen LogP contribution in [0.4, 0.5) is 4.79 Å². The smallest absolute Gasteiger partial charge is 0.417 e. The Kier molecular flexibility index (Phi) is 3.18. The number of carbonyl (C=O) groups is 2. The number of imide groups is 1. The lowest BCUT2D eigenvalue weighted by atomic mass is 10.1. The molecule has 2 amide bonds. The van der Waals surface area contributed by atoms with Crippen molar-refractivity contribution in [2.45, 2.75) is 6.04 Å². The molecule has 5 nitrogen and oxygen atoms in total. The zero-order valence-corrected chi connectivity index (χ0v) is 9.20. The standard InChI is InChI=1S/C12H12N2O3/c1-13-7-11(15)14-10(8-17-12(14)16)9-5-3-2-4-6-9/h2-6,10H,1,7-8H2/t10-/m1/s1. The average Bonchev–Trinajstić information content (AvgIpc) is 2.73. The van der Waals surface area contributed by atoms with Crippen LogP contribution in [0, 0.1) is 0 Å². The van der Waals surface area contributed by atoms with E-state index in [0.29, 0.717) is 0 Å². The average molecular weight is 232 g/mol. The largest absolute Gasteiger partial charge is 0.446 e. The summed E-state index contributed by atoms with van der Waals surface area (Å²) in [5, 5.41) is 0. The predicted octanol–water partition coefficient (Wildman–Crippen LogP) is 1.41. The number of benzene rings is 1. The number of rotatable bonds is 3. The van der Waals surface area contributed by atoms with Crippen molar-refractivity contribution in [1.82, 2.24) is 4.90 Å². The summed E-state index contributed by atoms with van der Waals surface area (Å²) in [6.07, 6.45) is -0.618. The number of carbonyl (C=O) groups excluding carboxylic acids is 2. The van der Waals surface area contributed by atoms with Gasteiger partial charge in [-0.15, -0.1) is 0 Å². The normalized spacial score (nSPS) is 18.9. The minimum Gasteiger partial charge on any atom is -0.446 e. The number of hydrogen-bond donors (Lipinski definition) is 0. The van der Waals surface area contributed by atoms with Gasteiger partial charge in [0.25, 0.3) is 5.91 Å². The van der Waals surface area contributed by atoms with Gasteiger partial charge in [0.15, 0.2) is 0 Å². The Morgan fingerprint density at radius 1 is 1.47 bits per heavy atom. The molecule has 0 unspecified atom stereocenters. The Morgan fingerprint density at radius 3 is 2.82 bits per heavy atom. The van der Waals surface area contributed by atoms with Gasteiger partial charge in [0.1, 0.15) is 19.2 Å². The van der Waals surface area contributed by atoms with Crippen LogP contribution in [-0.2, 0) is 9.53 Å². The maximum atomic E-state index is 11.7. The second-order valence-corrected chi connectivity index (χ2v) is 3.65. The van der Waals surface area contributed by atoms with Crippen LogP contribution in [-0.4, -0.2) is 36.8 Å². The first-order valence-electron chi connectivity index (χ1n) is 5.20. The van der Waals surface area contributed by atoms with E-state index in [0.717, 1.165) is 10.5 Å². The molecule has 1 atom stereocenters. The maximum Gasteiger partial charge on any atom is 0.417 e. The number of aliphatic imine (C=N–C) groups is 1. The summed E-state index contributed by atoms with van der Waals surface area (Å²) in [5.41, 5.74) is 0.871. The molecule has 0 spiro atoms. The van der Waals surface area contributed by atoms with Gasteiger partial charge in [-0.05, 0) is 12.3 Å². The van der Waals surface area contributed by atoms with Crippen molar-refractivity contribution in [2.24, 2.45) is 4.99 Å². The predicted molar refractivity (Wildman–Crippen MR) is 61.8 cm³/mol. The van der Waals surface area contributed by atoms with E-state index >= 15 is 0 Å². The van der Waals surface area contributed by atoms with Crippen LogP contribution < -0.4 is 0 Å². The summed E-state index contributed by atoms with van der Waals surface area (Å²) >= 11 is 0. The fourth-order valence-corrected chi connectivity index (χ4v) is 1.79. The second-order valence-electron chi connectivity index (χ2n) is 3.65. The van der Waals surface area contributed by atoms with Crippen LogP contribution in [0.25, 0.3) is 0 Å². The minimum absolute atomic E-state index is 0.113. The summed E-state index contributed by atoms with van der Waals surface area (Å²) in [7, 11) is 0. The van der Waals surface area contributed by atoms with Crippen molar-refractivity contribution in [3.63, 3.8) is 0 Å². The molecule has 5 heteroatoms. The lowest BCUT2D eigenvalue weighted by Crippen LogP contribution is -2.35. The number of hydrogen-bond acceptors (Lipinski definition) is 4. The minimum atomic E-state index is -0.618. The van der Waals surface area contributed by atoms with Gasteiger partial charge in [0.2, 0.25) is 0 Å². The number of ether oxygens (including phenoxy) is 1. The zero-order chi connectivity index (χ0) is 12.3. The molecule has 1 aliphatic rings. The summed E-state index contributed by atoms with van der Waals surface area (Å²) in [5.74, 6) is -0.392. The third-order valence-corrected chi connectivity index (χ3v) is 2.57. The zero-order valence-electron chi connectivity index (χ0n) is 9.20. The van der Waals surface area contributed by atoms with Crippen molar-refractivity contribution in [3.05, 3.63) is 35.9 Å². The molecule has 0 aromatic heterocycles. The SMILES string of the molecule is C=NCC(=O)N1C(=O)OC[C@@H]1c1ccccc1. The van der Waals surface area contributed by atoms with Crippen LogP contribution in [0.5, 0.6) is 0 Å². The van der Waals surface area contributed by atoms with Gasteiger partial charge in [0, 0.05) is 0 Å². The molecule has 2 rings (SSSR count). The monoisotopic (exact) mass is 232 g/mol. The maximum absolute atomic E-state index is 11.7. The van der Waals surface area contributed by atoms with Gasteiger partial charge in [-0.1, -0.05) is 30.3 Å². The number of cyclic esters (lactones) is 1. The van der Waals surface area contributed by atoms with Crippen molar-refractivity contribution in [1.29, 1.82) is 0 Å². The number of amides is 2. The van der Waals surface area contributed by atoms with Crippen molar-refractivity contribution < 1.29 is 14.3 Å². The molecule has 17 heavy (non-hydrogen) atoms. The van der Waals surface area contributed by atoms with E-state index in [4.69, 9.17) is 4.74 Å². The van der Waals surface area contributed by atoms with E-state index in [1.807, 2.05) is 30.3 Å². The van der Waals surface area contributed by atoms with Crippen LogP contribution in [0.2, 0.25) is 0 Å². The molecule has 1 fully saturated rings. The Bertz CT molecular complexity index is 444. The Balaban J connectivity index is 2.25. The van der Waals surface area contributed by atoms with Gasteiger partial charge < -0.3 is 4.74 Å². The highest BCUT2D eigenvalue weighted by Gasteiger charge is 2.38. The molecule has 1 aromatic rings. The third-order valence-electron chi connectivity index (χ3n) is 2.57. The fourth-order valence-electron chi connectivity index (χ4n) is 1.79. The van der Waals surface area contributed by atoms with E-state index < -0.39 is 12.0 Å². The first kappa shape index (κ1) is 11.3. The van der Waals surface area contributed by atoms with Crippen LogP contribution in [0.1, 0.15) is 11.6 Å². The van der Waals surface area contributed by atoms with E-state index in [-0.39, 0.29) is 19.2 Å². The molecular weight excluding hydrogens is 220 g/mol. The van der Waals surface area contributed by atoms with E-state index in [1.165, 1.54) is 0 Å². The highest BCUT2D eigenvalue weighted by atomic mass is 16.6. The van der Waals surface area contributed by atoms with Crippen molar-refractivity contribution in [3.8, 4) is 0 Å². The lowest BCUT2D eigenvalue weighted by molar-refractivity contribution is -0.127. The second kappa shape index (κ2) is 4.78. The van der Waals surface area contributed by atoms with E-state index in [2.05, 4.69) is 11.7 Å². The molecule has 0 saturated carbocycles. The summed E-state index contributed by atoms with van der Waals surface area (Å²) in [6, 6.07) is 8.93. The molecule has 1 aliphatic heterocycles. The summed E-state index contributed by atoms with van der Waals surface area (Å²) in [6.45, 7) is 3.32. The van der Waals surface area contributed by atoms with Crippen molar-refractivity contribution >= 4 is 18.7 Å². The fraction of sp³-hybridized carbons (Fsp3) is 0.250. The third kappa shape index (κ3) is 2.18. The van der Waals surface area contributed by atoms with Crippen LogP contribution >= 0.6 is 0 Å². The summed E-state index contributed by atoms with van der Waals surface area (Å²) < 4.78 is 4.90. The van der Waals surface area contributed by atoms with Gasteiger partial charge >= 0.3 is 6.09 Å². The first-order valence-corrected chi connectivity index (χ1v) is 5.20. The molecule has 88 valence electrons. The molecule has 1 saturated heterocycles. The highest BCUT2D eigenvalue weighted by Crippen LogP contribution is 2.27. The quantitative estimate of drug-likeness (QED) is 0.740. The van der Waals surface area contributed by atoms with Crippen LogP contribution in [0.3, 0.4) is 0 Å². The van der Waals surface area contributed by atoms with E-state index in [1.54, 1.807) is 0 Å². The van der Waals surface area contributed by atoms with Crippen LogP contribution in [0.15, 0.2) is 35.3 Å². The Labute approximate surface area is 98.7 Å². The van der Waals surface area contributed by atoms with Crippen molar-refractivity contribution in [2.75, 3.05) is 13.2 Å². The Hall–Kier alpha value is -2.17. The molecule has 0 radical (unpaired) electrons.